The normalized spacial score (nSPS) is 36.9. The van der Waals surface area contributed by atoms with E-state index in [-0.39, 0.29) is 0 Å². The monoisotopic (exact) mass is 278 g/mol. The second-order valence-corrected chi connectivity index (χ2v) is 8.40. The van der Waals surface area contributed by atoms with E-state index in [0.717, 1.165) is 24.0 Å². The number of fused-ring (bicyclic) bond motifs is 2. The first-order valence-corrected chi connectivity index (χ1v) is 9.03. The third-order valence-corrected chi connectivity index (χ3v) is 6.37. The maximum absolute atomic E-state index is 4.00. The van der Waals surface area contributed by atoms with Crippen LogP contribution < -0.4 is 5.32 Å². The van der Waals surface area contributed by atoms with Crippen molar-refractivity contribution in [2.45, 2.75) is 89.8 Å². The van der Waals surface area contributed by atoms with E-state index in [9.17, 15) is 0 Å². The Morgan fingerprint density at radius 2 is 1.70 bits per heavy atom. The quantitative estimate of drug-likeness (QED) is 0.822. The summed E-state index contributed by atoms with van der Waals surface area (Å²) in [5, 5.41) is 4.00. The molecule has 2 nitrogen and oxygen atoms in total. The molecule has 0 aromatic carbocycles. The summed E-state index contributed by atoms with van der Waals surface area (Å²) in [4.78, 5) is 2.65. The molecule has 20 heavy (non-hydrogen) atoms. The molecule has 0 amide bonds. The molecule has 3 rings (SSSR count). The number of hydrogen-bond donors (Lipinski definition) is 1. The Hall–Kier alpha value is -0.0800. The highest BCUT2D eigenvalue weighted by Gasteiger charge is 2.40. The van der Waals surface area contributed by atoms with Crippen LogP contribution in [-0.2, 0) is 0 Å². The van der Waals surface area contributed by atoms with E-state index in [4.69, 9.17) is 0 Å². The standard InChI is InChI=1S/C18H34N2/c1-14(2)12-18(8-4-5-9-18)13-19-15-10-16-6-7-17(11-15)20(16)3/h14-17,19H,4-13H2,1-3H3. The van der Waals surface area contributed by atoms with Gasteiger partial charge in [0.2, 0.25) is 0 Å². The summed E-state index contributed by atoms with van der Waals surface area (Å²) in [7, 11) is 2.34. The molecule has 0 aromatic heterocycles. The molecule has 3 fully saturated rings. The van der Waals surface area contributed by atoms with Gasteiger partial charge in [0, 0.05) is 24.7 Å². The fraction of sp³-hybridized carbons (Fsp3) is 1.00. The van der Waals surface area contributed by atoms with Gasteiger partial charge in [0.15, 0.2) is 0 Å². The predicted molar refractivity (Wildman–Crippen MR) is 86.0 cm³/mol. The molecule has 0 spiro atoms. The predicted octanol–water partition coefficient (Wildman–Crippen LogP) is 3.81. The first kappa shape index (κ1) is 14.8. The number of hydrogen-bond acceptors (Lipinski definition) is 2. The Morgan fingerprint density at radius 1 is 1.10 bits per heavy atom. The van der Waals surface area contributed by atoms with Crippen LogP contribution in [0.15, 0.2) is 0 Å². The average Bonchev–Trinajstić information content (AvgIpc) is 2.90. The summed E-state index contributed by atoms with van der Waals surface area (Å²) in [6.07, 6.45) is 13.0. The van der Waals surface area contributed by atoms with E-state index in [0.29, 0.717) is 5.41 Å². The van der Waals surface area contributed by atoms with Crippen LogP contribution in [0.1, 0.15) is 71.6 Å². The minimum atomic E-state index is 0.635. The second-order valence-electron chi connectivity index (χ2n) is 8.40. The molecule has 1 aliphatic carbocycles. The maximum atomic E-state index is 4.00. The van der Waals surface area contributed by atoms with Crippen LogP contribution in [-0.4, -0.2) is 36.6 Å². The number of piperidine rings is 1. The summed E-state index contributed by atoms with van der Waals surface area (Å²) >= 11 is 0. The van der Waals surface area contributed by atoms with Crippen LogP contribution in [0, 0.1) is 11.3 Å². The van der Waals surface area contributed by atoms with Crippen molar-refractivity contribution in [3.63, 3.8) is 0 Å². The topological polar surface area (TPSA) is 15.3 Å². The van der Waals surface area contributed by atoms with Gasteiger partial charge < -0.3 is 10.2 Å². The smallest absolute Gasteiger partial charge is 0.0111 e. The number of rotatable bonds is 5. The highest BCUT2D eigenvalue weighted by Crippen LogP contribution is 2.43. The molecule has 2 bridgehead atoms. The van der Waals surface area contributed by atoms with E-state index < -0.39 is 0 Å². The van der Waals surface area contributed by atoms with Crippen molar-refractivity contribution < 1.29 is 0 Å². The average molecular weight is 278 g/mol. The SMILES string of the molecule is CC(C)CC1(CNC2CC3CCC(C2)N3C)CCCC1. The zero-order valence-electron chi connectivity index (χ0n) is 13.8. The van der Waals surface area contributed by atoms with Crippen molar-refractivity contribution >= 4 is 0 Å². The van der Waals surface area contributed by atoms with Crippen LogP contribution in [0.3, 0.4) is 0 Å². The maximum Gasteiger partial charge on any atom is 0.0111 e. The third kappa shape index (κ3) is 3.06. The first-order valence-electron chi connectivity index (χ1n) is 9.03. The van der Waals surface area contributed by atoms with Gasteiger partial charge in [-0.3, -0.25) is 0 Å². The molecule has 3 aliphatic rings. The van der Waals surface area contributed by atoms with Crippen LogP contribution in [0.4, 0.5) is 0 Å². The summed E-state index contributed by atoms with van der Waals surface area (Å²) < 4.78 is 0. The van der Waals surface area contributed by atoms with Crippen LogP contribution in [0.5, 0.6) is 0 Å². The number of nitrogens with zero attached hydrogens (tertiary/aromatic N) is 1. The zero-order chi connectivity index (χ0) is 14.2. The zero-order valence-corrected chi connectivity index (χ0v) is 13.8. The third-order valence-electron chi connectivity index (χ3n) is 6.37. The largest absolute Gasteiger partial charge is 0.313 e. The van der Waals surface area contributed by atoms with Crippen molar-refractivity contribution in [3.8, 4) is 0 Å². The fourth-order valence-electron chi connectivity index (χ4n) is 5.38. The lowest BCUT2D eigenvalue weighted by atomic mass is 9.78. The highest BCUT2D eigenvalue weighted by atomic mass is 15.2. The van der Waals surface area contributed by atoms with Crippen LogP contribution in [0.25, 0.3) is 0 Å². The molecular weight excluding hydrogens is 244 g/mol. The molecule has 2 unspecified atom stereocenters. The minimum Gasteiger partial charge on any atom is -0.313 e. The van der Waals surface area contributed by atoms with Gasteiger partial charge in [-0.15, -0.1) is 0 Å². The van der Waals surface area contributed by atoms with Crippen molar-refractivity contribution in [2.75, 3.05) is 13.6 Å². The molecule has 2 aliphatic heterocycles. The van der Waals surface area contributed by atoms with E-state index in [1.807, 2.05) is 0 Å². The molecule has 0 aromatic rings. The number of nitrogens with one attached hydrogen (secondary N) is 1. The Labute approximate surface area is 125 Å². The van der Waals surface area contributed by atoms with Gasteiger partial charge in [-0.25, -0.2) is 0 Å². The van der Waals surface area contributed by atoms with E-state index in [1.165, 1.54) is 64.3 Å². The Bertz CT molecular complexity index is 305. The van der Waals surface area contributed by atoms with Gasteiger partial charge >= 0.3 is 0 Å². The summed E-state index contributed by atoms with van der Waals surface area (Å²) in [6, 6.07) is 2.54. The molecule has 2 saturated heterocycles. The first-order chi connectivity index (χ1) is 9.58. The second kappa shape index (κ2) is 5.96. The Balaban J connectivity index is 1.53. The van der Waals surface area contributed by atoms with Crippen molar-refractivity contribution in [1.29, 1.82) is 0 Å². The van der Waals surface area contributed by atoms with Gasteiger partial charge in [-0.2, -0.15) is 0 Å². The summed E-state index contributed by atoms with van der Waals surface area (Å²) in [5.74, 6) is 0.851. The van der Waals surface area contributed by atoms with E-state index in [2.05, 4.69) is 31.1 Å². The highest BCUT2D eigenvalue weighted by molar-refractivity contribution is 4.97. The minimum absolute atomic E-state index is 0.635. The van der Waals surface area contributed by atoms with Crippen LogP contribution in [0.2, 0.25) is 0 Å². The van der Waals surface area contributed by atoms with Gasteiger partial charge in [0.25, 0.3) is 0 Å². The molecule has 2 heteroatoms. The molecule has 1 N–H and O–H groups in total. The summed E-state index contributed by atoms with van der Waals surface area (Å²) in [6.45, 7) is 6.09. The molecule has 0 radical (unpaired) electrons. The lowest BCUT2D eigenvalue weighted by Crippen LogP contribution is -2.49. The van der Waals surface area contributed by atoms with Gasteiger partial charge in [0.1, 0.15) is 0 Å². The van der Waals surface area contributed by atoms with Crippen LogP contribution >= 0.6 is 0 Å². The molecule has 1 saturated carbocycles. The van der Waals surface area contributed by atoms with E-state index in [1.54, 1.807) is 0 Å². The van der Waals surface area contributed by atoms with Gasteiger partial charge in [-0.05, 0) is 63.3 Å². The van der Waals surface area contributed by atoms with Crippen molar-refractivity contribution in [3.05, 3.63) is 0 Å². The van der Waals surface area contributed by atoms with Crippen molar-refractivity contribution in [2.24, 2.45) is 11.3 Å². The molecule has 2 atom stereocenters. The van der Waals surface area contributed by atoms with Crippen molar-refractivity contribution in [1.82, 2.24) is 10.2 Å². The Kier molecular flexibility index (Phi) is 4.42. The van der Waals surface area contributed by atoms with Gasteiger partial charge in [-0.1, -0.05) is 26.7 Å². The fourth-order valence-corrected chi connectivity index (χ4v) is 5.38. The molecule has 2 heterocycles. The summed E-state index contributed by atoms with van der Waals surface area (Å²) in [5.41, 5.74) is 0.635. The lowest BCUT2D eigenvalue weighted by molar-refractivity contribution is 0.134. The Morgan fingerprint density at radius 3 is 2.25 bits per heavy atom. The lowest BCUT2D eigenvalue weighted by Gasteiger charge is -2.39. The molecular formula is C18H34N2. The molecule has 116 valence electrons. The van der Waals surface area contributed by atoms with Gasteiger partial charge in [0.05, 0.1) is 0 Å². The van der Waals surface area contributed by atoms with E-state index >= 15 is 0 Å².